The van der Waals surface area contributed by atoms with Crippen molar-refractivity contribution in [2.45, 2.75) is 52.5 Å². The number of oxazole rings is 1. The fraction of sp³-hybridized carbons (Fsp3) is 0.357. The van der Waals surface area contributed by atoms with Gasteiger partial charge in [-0.2, -0.15) is 0 Å². The first-order valence-corrected chi connectivity index (χ1v) is 12.9. The van der Waals surface area contributed by atoms with Crippen molar-refractivity contribution in [3.05, 3.63) is 59.2 Å². The minimum atomic E-state index is -1.15. The van der Waals surface area contributed by atoms with Crippen molar-refractivity contribution in [3.8, 4) is 17.1 Å². The Morgan fingerprint density at radius 2 is 1.86 bits per heavy atom. The van der Waals surface area contributed by atoms with Gasteiger partial charge in [0.25, 0.3) is 0 Å². The molecule has 192 valence electrons. The second kappa shape index (κ2) is 10.0. The maximum Gasteiger partial charge on any atom is 0.341 e. The molecule has 9 heteroatoms. The highest BCUT2D eigenvalue weighted by atomic mass is 35.5. The van der Waals surface area contributed by atoms with Gasteiger partial charge in [0.15, 0.2) is 11.4 Å². The van der Waals surface area contributed by atoms with Crippen LogP contribution in [0.1, 0.15) is 56.8 Å². The number of rotatable bonds is 6. The molecule has 1 fully saturated rings. The second-order valence-electron chi connectivity index (χ2n) is 10.0. The Labute approximate surface area is 219 Å². The highest BCUT2D eigenvalue weighted by Gasteiger charge is 2.34. The van der Waals surface area contributed by atoms with Crippen LogP contribution in [0.2, 0.25) is 5.02 Å². The van der Waals surface area contributed by atoms with Crippen LogP contribution in [0.5, 0.6) is 0 Å². The van der Waals surface area contributed by atoms with Crippen molar-refractivity contribution in [1.82, 2.24) is 14.8 Å². The first kappa shape index (κ1) is 25.0. The van der Waals surface area contributed by atoms with Crippen LogP contribution in [-0.2, 0) is 4.79 Å². The van der Waals surface area contributed by atoms with E-state index in [9.17, 15) is 14.7 Å². The summed E-state index contributed by atoms with van der Waals surface area (Å²) in [5.41, 5.74) is 2.52. The monoisotopic (exact) mass is 520 g/mol. The molecule has 0 spiro atoms. The summed E-state index contributed by atoms with van der Waals surface area (Å²) in [5.74, 6) is -0.206. The number of hydrogen-bond acceptors (Lipinski definition) is 5. The molecule has 0 aliphatic heterocycles. The van der Waals surface area contributed by atoms with E-state index in [4.69, 9.17) is 16.0 Å². The molecule has 1 amide bonds. The third-order valence-electron chi connectivity index (χ3n) is 7.01. The number of carboxylic acid groups (broad SMARTS) is 1. The van der Waals surface area contributed by atoms with Crippen molar-refractivity contribution in [2.24, 2.45) is 11.8 Å². The normalized spacial score (nSPS) is 17.9. The summed E-state index contributed by atoms with van der Waals surface area (Å²) in [6.45, 7) is 5.95. The standard InChI is InChI=1S/C28H29ClN4O4/c1-16(2)33(27(34)18-10-8-17(3)9-11-18)25-21(28(35)36)15-32(31-25)19-12-13-20(22(29)14-19)26-30-23-6-4-5-7-24(23)37-26/h4-7,12-18H,8-11H2,1-3H3,(H,35,36)/t17-,18-. The Bertz CT molecular complexity index is 1430. The van der Waals surface area contributed by atoms with E-state index >= 15 is 0 Å². The number of anilines is 1. The first-order valence-electron chi connectivity index (χ1n) is 12.5. The molecule has 37 heavy (non-hydrogen) atoms. The van der Waals surface area contributed by atoms with Crippen molar-refractivity contribution in [1.29, 1.82) is 0 Å². The molecule has 1 aliphatic carbocycles. The molecule has 2 heterocycles. The number of amides is 1. The Morgan fingerprint density at radius 3 is 2.51 bits per heavy atom. The SMILES string of the molecule is CC(C)N(c1nn(-c2ccc(-c3nc4ccccc4o3)c(Cl)c2)cc1C(=O)O)C(=O)[C@H]1CC[C@H](C)CC1. The zero-order chi connectivity index (χ0) is 26.3. The molecule has 0 unspecified atom stereocenters. The summed E-state index contributed by atoms with van der Waals surface area (Å²) in [6.07, 6.45) is 5.02. The number of carbonyl (C=O) groups excluding carboxylic acids is 1. The van der Waals surface area contributed by atoms with Gasteiger partial charge < -0.3 is 9.52 Å². The number of benzene rings is 2. The van der Waals surface area contributed by atoms with Crippen LogP contribution in [0.3, 0.4) is 0 Å². The zero-order valence-corrected chi connectivity index (χ0v) is 21.8. The van der Waals surface area contributed by atoms with Gasteiger partial charge in [0.1, 0.15) is 11.1 Å². The van der Waals surface area contributed by atoms with Crippen LogP contribution in [0.25, 0.3) is 28.2 Å². The summed E-state index contributed by atoms with van der Waals surface area (Å²) in [5, 5.41) is 14.9. The lowest BCUT2D eigenvalue weighted by molar-refractivity contribution is -0.124. The number of hydrogen-bond donors (Lipinski definition) is 1. The molecule has 0 saturated heterocycles. The highest BCUT2D eigenvalue weighted by molar-refractivity contribution is 6.33. The number of carboxylic acids is 1. The number of halogens is 1. The lowest BCUT2D eigenvalue weighted by atomic mass is 9.82. The largest absolute Gasteiger partial charge is 0.477 e. The van der Waals surface area contributed by atoms with E-state index in [0.717, 1.165) is 31.2 Å². The van der Waals surface area contributed by atoms with E-state index in [0.29, 0.717) is 33.7 Å². The molecular formula is C28H29ClN4O4. The second-order valence-corrected chi connectivity index (χ2v) is 10.4. The number of fused-ring (bicyclic) bond motifs is 1. The van der Waals surface area contributed by atoms with E-state index < -0.39 is 5.97 Å². The van der Waals surface area contributed by atoms with Crippen molar-refractivity contribution < 1.29 is 19.1 Å². The predicted octanol–water partition coefficient (Wildman–Crippen LogP) is 6.60. The molecule has 0 radical (unpaired) electrons. The fourth-order valence-electron chi connectivity index (χ4n) is 4.94. The van der Waals surface area contributed by atoms with E-state index in [1.807, 2.05) is 38.1 Å². The average molecular weight is 521 g/mol. The maximum absolute atomic E-state index is 13.5. The van der Waals surface area contributed by atoms with Gasteiger partial charge in [-0.1, -0.05) is 30.7 Å². The molecule has 0 atom stereocenters. The van der Waals surface area contributed by atoms with E-state index in [1.165, 1.54) is 15.8 Å². The maximum atomic E-state index is 13.5. The quantitative estimate of drug-likeness (QED) is 0.307. The number of nitrogens with zero attached hydrogens (tertiary/aromatic N) is 4. The lowest BCUT2D eigenvalue weighted by Crippen LogP contribution is -2.43. The van der Waals surface area contributed by atoms with Crippen LogP contribution in [0, 0.1) is 11.8 Å². The molecule has 1 N–H and O–H groups in total. The summed E-state index contributed by atoms with van der Waals surface area (Å²) in [6, 6.07) is 12.4. The van der Waals surface area contributed by atoms with Crippen molar-refractivity contribution in [3.63, 3.8) is 0 Å². The predicted molar refractivity (Wildman–Crippen MR) is 142 cm³/mol. The summed E-state index contributed by atoms with van der Waals surface area (Å²) >= 11 is 6.61. The average Bonchev–Trinajstić information content (AvgIpc) is 3.49. The van der Waals surface area contributed by atoms with Gasteiger partial charge in [0, 0.05) is 18.2 Å². The number of carbonyl (C=O) groups is 2. The summed E-state index contributed by atoms with van der Waals surface area (Å²) < 4.78 is 7.29. The van der Waals surface area contributed by atoms with Gasteiger partial charge >= 0.3 is 5.97 Å². The van der Waals surface area contributed by atoms with Gasteiger partial charge in [0.2, 0.25) is 11.8 Å². The van der Waals surface area contributed by atoms with Crippen LogP contribution < -0.4 is 4.90 Å². The van der Waals surface area contributed by atoms with Gasteiger partial charge in [-0.25, -0.2) is 14.5 Å². The van der Waals surface area contributed by atoms with Gasteiger partial charge in [-0.15, -0.1) is 5.10 Å². The number of para-hydroxylation sites is 2. The molecule has 4 aromatic rings. The van der Waals surface area contributed by atoms with Crippen LogP contribution in [0.4, 0.5) is 5.82 Å². The minimum Gasteiger partial charge on any atom is -0.477 e. The molecule has 2 aromatic heterocycles. The van der Waals surface area contributed by atoms with Crippen molar-refractivity contribution in [2.75, 3.05) is 4.90 Å². The van der Waals surface area contributed by atoms with E-state index in [-0.39, 0.29) is 29.2 Å². The number of aromatic carboxylic acids is 1. The van der Waals surface area contributed by atoms with Gasteiger partial charge in [-0.3, -0.25) is 9.69 Å². The Morgan fingerprint density at radius 1 is 1.14 bits per heavy atom. The van der Waals surface area contributed by atoms with Crippen LogP contribution in [0.15, 0.2) is 53.1 Å². The van der Waals surface area contributed by atoms with Gasteiger partial charge in [0.05, 0.1) is 16.3 Å². The smallest absolute Gasteiger partial charge is 0.341 e. The summed E-state index contributed by atoms with van der Waals surface area (Å²) in [7, 11) is 0. The minimum absolute atomic E-state index is 0.0367. The molecule has 8 nitrogen and oxygen atoms in total. The fourth-order valence-corrected chi connectivity index (χ4v) is 5.20. The summed E-state index contributed by atoms with van der Waals surface area (Å²) in [4.78, 5) is 31.8. The number of aromatic nitrogens is 3. The topological polar surface area (TPSA) is 101 Å². The van der Waals surface area contributed by atoms with Crippen LogP contribution in [-0.4, -0.2) is 37.8 Å². The first-order chi connectivity index (χ1) is 17.7. The van der Waals surface area contributed by atoms with E-state index in [1.54, 1.807) is 18.2 Å². The zero-order valence-electron chi connectivity index (χ0n) is 21.0. The van der Waals surface area contributed by atoms with Crippen LogP contribution >= 0.6 is 11.6 Å². The molecule has 0 bridgehead atoms. The highest BCUT2D eigenvalue weighted by Crippen LogP contribution is 2.34. The molecule has 2 aromatic carbocycles. The third-order valence-corrected chi connectivity index (χ3v) is 7.33. The Kier molecular flexibility index (Phi) is 6.77. The van der Waals surface area contributed by atoms with Crippen molar-refractivity contribution >= 4 is 40.4 Å². The molecule has 1 aliphatic rings. The van der Waals surface area contributed by atoms with E-state index in [2.05, 4.69) is 17.0 Å². The lowest BCUT2D eigenvalue weighted by Gasteiger charge is -2.32. The molecular weight excluding hydrogens is 492 g/mol. The molecule has 5 rings (SSSR count). The Balaban J connectivity index is 1.49. The molecule has 1 saturated carbocycles. The third kappa shape index (κ3) is 4.85. The Hall–Kier alpha value is -3.65. The van der Waals surface area contributed by atoms with Gasteiger partial charge in [-0.05, 0) is 75.8 Å².